The van der Waals surface area contributed by atoms with Crippen molar-refractivity contribution in [3.8, 4) is 5.75 Å². The third-order valence-electron chi connectivity index (χ3n) is 8.30. The molecule has 2 heterocycles. The van der Waals surface area contributed by atoms with Crippen LogP contribution in [-0.4, -0.2) is 35.7 Å². The summed E-state index contributed by atoms with van der Waals surface area (Å²) in [6.45, 7) is 25.7. The molecule has 0 bridgehead atoms. The number of hydrogen-bond donors (Lipinski definition) is 2. The molecule has 4 rings (SSSR count). The topological polar surface area (TPSA) is 70.7 Å². The van der Waals surface area contributed by atoms with Crippen LogP contribution in [0.4, 0.5) is 5.69 Å². The Balaban J connectivity index is 1.79. The molecule has 6 nitrogen and oxygen atoms in total. The molecule has 3 unspecified atom stereocenters. The first kappa shape index (κ1) is 27.5. The van der Waals surface area contributed by atoms with Gasteiger partial charge in [0, 0.05) is 36.4 Å². The van der Waals surface area contributed by atoms with Gasteiger partial charge in [0.15, 0.2) is 6.23 Å². The van der Waals surface area contributed by atoms with Crippen LogP contribution in [0.3, 0.4) is 0 Å². The summed E-state index contributed by atoms with van der Waals surface area (Å²) in [6.07, 6.45) is 2.94. The van der Waals surface area contributed by atoms with Gasteiger partial charge in [-0.3, -0.25) is 9.59 Å². The number of carbonyl (C=O) groups is 2. The maximum absolute atomic E-state index is 13.9. The van der Waals surface area contributed by atoms with Crippen LogP contribution in [0.15, 0.2) is 24.8 Å². The highest BCUT2D eigenvalue weighted by Crippen LogP contribution is 2.59. The maximum Gasteiger partial charge on any atom is 0.246 e. The third kappa shape index (κ3) is 4.77. The van der Waals surface area contributed by atoms with Crippen molar-refractivity contribution in [2.24, 2.45) is 17.8 Å². The predicted octanol–water partition coefficient (Wildman–Crippen LogP) is 5.44. The first-order valence-electron chi connectivity index (χ1n) is 13.7. The fourth-order valence-electron chi connectivity index (χ4n) is 6.75. The zero-order valence-electron chi connectivity index (χ0n) is 24.5. The van der Waals surface area contributed by atoms with Gasteiger partial charge in [-0.1, -0.05) is 53.7 Å². The molecule has 2 fully saturated rings. The summed E-state index contributed by atoms with van der Waals surface area (Å²) in [7, 11) is 0. The van der Waals surface area contributed by atoms with Crippen molar-refractivity contribution in [2.45, 2.75) is 110 Å². The number of ether oxygens (including phenoxy) is 1. The Hall–Kier alpha value is -2.50. The van der Waals surface area contributed by atoms with E-state index in [0.717, 1.165) is 12.3 Å². The highest BCUT2D eigenvalue weighted by molar-refractivity contribution is 5.92. The lowest BCUT2D eigenvalue weighted by molar-refractivity contribution is -0.136. The summed E-state index contributed by atoms with van der Waals surface area (Å²) in [5, 5.41) is 6.31. The minimum absolute atomic E-state index is 0.0136. The van der Waals surface area contributed by atoms with E-state index in [1.54, 1.807) is 0 Å². The average molecular weight is 510 g/mol. The summed E-state index contributed by atoms with van der Waals surface area (Å²) in [5.74, 6) is 0.869. The second-order valence-electron chi connectivity index (χ2n) is 14.6. The van der Waals surface area contributed by atoms with E-state index in [0.29, 0.717) is 12.8 Å². The van der Waals surface area contributed by atoms with E-state index in [9.17, 15) is 9.59 Å². The van der Waals surface area contributed by atoms with Gasteiger partial charge in [0.2, 0.25) is 11.8 Å². The van der Waals surface area contributed by atoms with Gasteiger partial charge < -0.3 is 20.3 Å². The first-order chi connectivity index (χ1) is 16.9. The highest BCUT2D eigenvalue weighted by Gasteiger charge is 2.65. The van der Waals surface area contributed by atoms with Crippen molar-refractivity contribution in [3.05, 3.63) is 35.9 Å². The number of nitrogens with zero attached hydrogens (tertiary/aromatic N) is 1. The summed E-state index contributed by atoms with van der Waals surface area (Å²) < 4.78 is 6.87. The molecule has 1 aromatic rings. The van der Waals surface area contributed by atoms with Crippen molar-refractivity contribution in [1.82, 2.24) is 10.6 Å². The highest BCUT2D eigenvalue weighted by atomic mass is 16.5. The largest absolute Gasteiger partial charge is 0.468 e. The molecular weight excluding hydrogens is 462 g/mol. The zero-order chi connectivity index (χ0) is 27.7. The number of anilines is 1. The SMILES string of the molecule is C=CCC1C2[C@H](CN3c4cc(C(C)(C)C)cc(C(C)(C)C)c4O[C@@H]23)CC1(NC(C)=O)C(=O)NC(C)(C)C. The molecule has 37 heavy (non-hydrogen) atoms. The van der Waals surface area contributed by atoms with Gasteiger partial charge in [-0.2, -0.15) is 0 Å². The van der Waals surface area contributed by atoms with Crippen LogP contribution in [0.5, 0.6) is 5.75 Å². The van der Waals surface area contributed by atoms with Crippen LogP contribution < -0.4 is 20.3 Å². The van der Waals surface area contributed by atoms with Gasteiger partial charge in [0.1, 0.15) is 11.3 Å². The van der Waals surface area contributed by atoms with Crippen molar-refractivity contribution in [2.75, 3.05) is 11.4 Å². The zero-order valence-corrected chi connectivity index (χ0v) is 24.5. The van der Waals surface area contributed by atoms with E-state index in [1.165, 1.54) is 23.7 Å². The second kappa shape index (κ2) is 8.78. The van der Waals surface area contributed by atoms with Gasteiger partial charge >= 0.3 is 0 Å². The van der Waals surface area contributed by atoms with E-state index in [1.807, 2.05) is 26.8 Å². The molecule has 6 heteroatoms. The van der Waals surface area contributed by atoms with Crippen LogP contribution >= 0.6 is 0 Å². The smallest absolute Gasteiger partial charge is 0.246 e. The molecule has 1 aromatic carbocycles. The van der Waals surface area contributed by atoms with Crippen molar-refractivity contribution in [3.63, 3.8) is 0 Å². The standard InChI is InChI=1S/C31H47N3O3/c1-12-13-21-24-19(16-31(21,32-18(2)35)27(36)33-30(9,10)11)17-34-23-15-20(28(3,4)5)14-22(29(6,7)8)25(23)37-26(24)34/h12,14-15,19,21,24,26H,1,13,16-17H2,2-11H3,(H,32,35)(H,33,36)/t19-,21?,24?,26-,31?/m0/s1. The molecule has 1 aliphatic carbocycles. The summed E-state index contributed by atoms with van der Waals surface area (Å²) in [4.78, 5) is 28.8. The number of hydrogen-bond acceptors (Lipinski definition) is 4. The lowest BCUT2D eigenvalue weighted by atomic mass is 9.78. The van der Waals surface area contributed by atoms with Crippen LogP contribution in [0, 0.1) is 17.8 Å². The van der Waals surface area contributed by atoms with Crippen molar-refractivity contribution < 1.29 is 14.3 Å². The summed E-state index contributed by atoms with van der Waals surface area (Å²) in [5.41, 5.74) is 2.23. The number of allylic oxidation sites excluding steroid dienone is 1. The van der Waals surface area contributed by atoms with Crippen LogP contribution in [0.25, 0.3) is 0 Å². The third-order valence-corrected chi connectivity index (χ3v) is 8.30. The molecule has 1 saturated carbocycles. The Morgan fingerprint density at radius 2 is 1.76 bits per heavy atom. The Labute approximate surface area is 223 Å². The van der Waals surface area contributed by atoms with E-state index in [-0.39, 0.29) is 46.6 Å². The Morgan fingerprint density at radius 1 is 1.11 bits per heavy atom. The van der Waals surface area contributed by atoms with E-state index in [2.05, 4.69) is 75.8 Å². The Morgan fingerprint density at radius 3 is 2.27 bits per heavy atom. The quantitative estimate of drug-likeness (QED) is 0.531. The van der Waals surface area contributed by atoms with Gasteiger partial charge in [0.25, 0.3) is 0 Å². The van der Waals surface area contributed by atoms with Crippen molar-refractivity contribution in [1.29, 1.82) is 0 Å². The van der Waals surface area contributed by atoms with E-state index < -0.39 is 11.1 Å². The van der Waals surface area contributed by atoms with E-state index in [4.69, 9.17) is 4.74 Å². The normalized spacial score (nSPS) is 28.8. The van der Waals surface area contributed by atoms with Crippen LogP contribution in [0.2, 0.25) is 0 Å². The molecule has 3 aliphatic rings. The van der Waals surface area contributed by atoms with Crippen LogP contribution in [-0.2, 0) is 20.4 Å². The molecule has 204 valence electrons. The number of fused-ring (bicyclic) bond motifs is 5. The minimum Gasteiger partial charge on any atom is -0.468 e. The Kier molecular flexibility index (Phi) is 6.53. The number of nitrogens with one attached hydrogen (secondary N) is 2. The lowest BCUT2D eigenvalue weighted by Gasteiger charge is -2.40. The minimum atomic E-state index is -0.990. The molecule has 2 N–H and O–H groups in total. The van der Waals surface area contributed by atoms with Crippen molar-refractivity contribution >= 4 is 17.5 Å². The molecule has 0 spiro atoms. The molecule has 5 atom stereocenters. The lowest BCUT2D eigenvalue weighted by Crippen LogP contribution is -2.64. The molecular formula is C31H47N3O3. The molecule has 0 aromatic heterocycles. The fraction of sp³-hybridized carbons (Fsp3) is 0.677. The first-order valence-corrected chi connectivity index (χ1v) is 13.7. The molecule has 2 amide bonds. The number of benzene rings is 1. The van der Waals surface area contributed by atoms with Gasteiger partial charge in [-0.15, -0.1) is 6.58 Å². The predicted molar refractivity (Wildman–Crippen MR) is 150 cm³/mol. The Bertz CT molecular complexity index is 1100. The second-order valence-corrected chi connectivity index (χ2v) is 14.6. The molecule has 2 aliphatic heterocycles. The molecule has 0 radical (unpaired) electrons. The maximum atomic E-state index is 13.9. The number of amides is 2. The summed E-state index contributed by atoms with van der Waals surface area (Å²) in [6, 6.07) is 4.62. The number of carbonyl (C=O) groups excluding carboxylic acids is 2. The molecule has 1 saturated heterocycles. The summed E-state index contributed by atoms with van der Waals surface area (Å²) >= 11 is 0. The van der Waals surface area contributed by atoms with Gasteiger partial charge in [0.05, 0.1) is 5.69 Å². The fourth-order valence-corrected chi connectivity index (χ4v) is 6.75. The van der Waals surface area contributed by atoms with Gasteiger partial charge in [-0.25, -0.2) is 0 Å². The van der Waals surface area contributed by atoms with Gasteiger partial charge in [-0.05, 0) is 62.0 Å². The number of rotatable bonds is 4. The van der Waals surface area contributed by atoms with Crippen LogP contribution in [0.1, 0.15) is 93.2 Å². The monoisotopic (exact) mass is 509 g/mol. The average Bonchev–Trinajstić information content (AvgIpc) is 3.32. The van der Waals surface area contributed by atoms with E-state index >= 15 is 0 Å².